The van der Waals surface area contributed by atoms with E-state index in [-0.39, 0.29) is 5.82 Å². The van der Waals surface area contributed by atoms with E-state index in [1.807, 2.05) is 12.1 Å². The molecule has 1 saturated heterocycles. The van der Waals surface area contributed by atoms with Gasteiger partial charge in [0.1, 0.15) is 5.82 Å². The van der Waals surface area contributed by atoms with Crippen LogP contribution >= 0.6 is 11.6 Å². The van der Waals surface area contributed by atoms with Crippen LogP contribution in [0.4, 0.5) is 10.2 Å². The summed E-state index contributed by atoms with van der Waals surface area (Å²) in [6.07, 6.45) is 2.13. The van der Waals surface area contributed by atoms with Gasteiger partial charge in [-0.25, -0.2) is 4.39 Å². The van der Waals surface area contributed by atoms with Crippen LogP contribution in [0.1, 0.15) is 24.3 Å². The molecule has 0 bridgehead atoms. The molecular weight excluding hydrogens is 277 g/mol. The number of nitrogens with zero attached hydrogens (tertiary/aromatic N) is 3. The Morgan fingerprint density at radius 1 is 1.20 bits per heavy atom. The molecule has 5 heteroatoms. The third-order valence-electron chi connectivity index (χ3n) is 3.68. The van der Waals surface area contributed by atoms with Crippen LogP contribution in [-0.2, 0) is 0 Å². The first-order valence-electron chi connectivity index (χ1n) is 6.72. The number of anilines is 1. The minimum atomic E-state index is -0.175. The van der Waals surface area contributed by atoms with Gasteiger partial charge in [0.15, 0.2) is 11.0 Å². The Kier molecular flexibility index (Phi) is 3.83. The smallest absolute Gasteiger partial charge is 0.151 e. The Morgan fingerprint density at radius 2 is 2.10 bits per heavy atom. The molecule has 0 amide bonds. The van der Waals surface area contributed by atoms with Crippen LogP contribution in [0.3, 0.4) is 0 Å². The van der Waals surface area contributed by atoms with E-state index in [0.717, 1.165) is 37.3 Å². The summed E-state index contributed by atoms with van der Waals surface area (Å²) in [5, 5.41) is 8.39. The van der Waals surface area contributed by atoms with E-state index in [4.69, 9.17) is 11.6 Å². The van der Waals surface area contributed by atoms with Crippen LogP contribution < -0.4 is 4.90 Å². The number of halogens is 2. The van der Waals surface area contributed by atoms with Gasteiger partial charge >= 0.3 is 0 Å². The van der Waals surface area contributed by atoms with E-state index >= 15 is 0 Å². The van der Waals surface area contributed by atoms with E-state index < -0.39 is 0 Å². The second-order valence-corrected chi connectivity index (χ2v) is 5.44. The number of rotatable bonds is 2. The number of benzene rings is 1. The number of hydrogen-bond donors (Lipinski definition) is 0. The number of hydrogen-bond acceptors (Lipinski definition) is 3. The van der Waals surface area contributed by atoms with Crippen molar-refractivity contribution in [2.75, 3.05) is 18.0 Å². The molecule has 1 aliphatic heterocycles. The summed E-state index contributed by atoms with van der Waals surface area (Å²) in [5.41, 5.74) is 1.05. The van der Waals surface area contributed by atoms with Crippen LogP contribution in [-0.4, -0.2) is 23.3 Å². The van der Waals surface area contributed by atoms with Gasteiger partial charge in [0.2, 0.25) is 0 Å². The van der Waals surface area contributed by atoms with E-state index in [9.17, 15) is 4.39 Å². The molecule has 0 saturated carbocycles. The molecule has 0 N–H and O–H groups in total. The van der Waals surface area contributed by atoms with Crippen molar-refractivity contribution in [1.82, 2.24) is 10.2 Å². The van der Waals surface area contributed by atoms with Crippen LogP contribution in [0.25, 0.3) is 0 Å². The normalized spacial score (nSPS) is 19.1. The summed E-state index contributed by atoms with van der Waals surface area (Å²) in [4.78, 5) is 2.18. The Labute approximate surface area is 122 Å². The lowest BCUT2D eigenvalue weighted by molar-refractivity contribution is 0.503. The van der Waals surface area contributed by atoms with Crippen LogP contribution in [0, 0.1) is 5.82 Å². The molecule has 3 rings (SSSR count). The number of piperidine rings is 1. The van der Waals surface area contributed by atoms with Crippen molar-refractivity contribution >= 4 is 17.4 Å². The lowest BCUT2D eigenvalue weighted by atomic mass is 9.90. The molecule has 2 aromatic rings. The molecule has 0 spiro atoms. The van der Waals surface area contributed by atoms with Gasteiger partial charge in [0.05, 0.1) is 0 Å². The van der Waals surface area contributed by atoms with E-state index in [1.165, 1.54) is 6.07 Å². The monoisotopic (exact) mass is 291 g/mol. The quantitative estimate of drug-likeness (QED) is 0.846. The molecule has 1 unspecified atom stereocenters. The maximum atomic E-state index is 13.3. The van der Waals surface area contributed by atoms with Crippen molar-refractivity contribution in [2.24, 2.45) is 0 Å². The van der Waals surface area contributed by atoms with Crippen LogP contribution in [0.2, 0.25) is 5.15 Å². The van der Waals surface area contributed by atoms with Gasteiger partial charge in [-0.2, -0.15) is 0 Å². The average Bonchev–Trinajstić information content (AvgIpc) is 2.48. The molecule has 20 heavy (non-hydrogen) atoms. The fourth-order valence-electron chi connectivity index (χ4n) is 2.70. The lowest BCUT2D eigenvalue weighted by Gasteiger charge is -2.33. The first-order chi connectivity index (χ1) is 9.72. The summed E-state index contributed by atoms with van der Waals surface area (Å²) in [6.45, 7) is 1.78. The molecule has 1 fully saturated rings. The summed E-state index contributed by atoms with van der Waals surface area (Å²) in [7, 11) is 0. The second kappa shape index (κ2) is 5.75. The molecular formula is C15H15ClFN3. The molecule has 1 aliphatic rings. The van der Waals surface area contributed by atoms with E-state index in [1.54, 1.807) is 18.2 Å². The van der Waals surface area contributed by atoms with Gasteiger partial charge in [0, 0.05) is 19.0 Å². The minimum absolute atomic E-state index is 0.175. The van der Waals surface area contributed by atoms with Crippen molar-refractivity contribution in [3.05, 3.63) is 52.9 Å². The first-order valence-corrected chi connectivity index (χ1v) is 7.10. The van der Waals surface area contributed by atoms with Gasteiger partial charge in [-0.1, -0.05) is 23.7 Å². The maximum absolute atomic E-state index is 13.3. The standard InChI is InChI=1S/C15H15ClFN3/c16-14-6-7-15(19-18-14)20-8-2-4-12(10-20)11-3-1-5-13(17)9-11/h1,3,5-7,9,12H,2,4,8,10H2. The summed E-state index contributed by atoms with van der Waals surface area (Å²) >= 11 is 5.76. The second-order valence-electron chi connectivity index (χ2n) is 5.05. The van der Waals surface area contributed by atoms with Gasteiger partial charge < -0.3 is 4.90 Å². The van der Waals surface area contributed by atoms with Crippen molar-refractivity contribution < 1.29 is 4.39 Å². The highest BCUT2D eigenvalue weighted by molar-refractivity contribution is 6.29. The largest absolute Gasteiger partial charge is 0.355 e. The van der Waals surface area contributed by atoms with Crippen LogP contribution in [0.15, 0.2) is 36.4 Å². The Morgan fingerprint density at radius 3 is 2.85 bits per heavy atom. The zero-order chi connectivity index (χ0) is 13.9. The van der Waals surface area contributed by atoms with Crippen molar-refractivity contribution in [2.45, 2.75) is 18.8 Å². The molecule has 1 atom stereocenters. The van der Waals surface area contributed by atoms with Gasteiger partial charge in [0.25, 0.3) is 0 Å². The van der Waals surface area contributed by atoms with Gasteiger partial charge in [-0.15, -0.1) is 10.2 Å². The minimum Gasteiger partial charge on any atom is -0.355 e. The zero-order valence-electron chi connectivity index (χ0n) is 11.0. The molecule has 104 valence electrons. The Balaban J connectivity index is 1.78. The van der Waals surface area contributed by atoms with Crippen molar-refractivity contribution in [3.63, 3.8) is 0 Å². The SMILES string of the molecule is Fc1cccc(C2CCCN(c3ccc(Cl)nn3)C2)c1. The molecule has 0 aliphatic carbocycles. The Hall–Kier alpha value is -1.68. The highest BCUT2D eigenvalue weighted by Gasteiger charge is 2.22. The van der Waals surface area contributed by atoms with E-state index in [2.05, 4.69) is 15.1 Å². The predicted octanol–water partition coefficient (Wildman–Crippen LogP) is 3.65. The molecule has 1 aromatic heterocycles. The summed E-state index contributed by atoms with van der Waals surface area (Å²) in [6, 6.07) is 10.5. The summed E-state index contributed by atoms with van der Waals surface area (Å²) in [5.74, 6) is 0.985. The maximum Gasteiger partial charge on any atom is 0.151 e. The number of aromatic nitrogens is 2. The fourth-order valence-corrected chi connectivity index (χ4v) is 2.80. The molecule has 2 heterocycles. The van der Waals surface area contributed by atoms with Crippen LogP contribution in [0.5, 0.6) is 0 Å². The summed E-state index contributed by atoms with van der Waals surface area (Å²) < 4.78 is 13.3. The van der Waals surface area contributed by atoms with Gasteiger partial charge in [-0.3, -0.25) is 0 Å². The fraction of sp³-hybridized carbons (Fsp3) is 0.333. The Bertz CT molecular complexity index is 588. The zero-order valence-corrected chi connectivity index (χ0v) is 11.7. The predicted molar refractivity (Wildman–Crippen MR) is 77.6 cm³/mol. The first kappa shape index (κ1) is 13.3. The van der Waals surface area contributed by atoms with Gasteiger partial charge in [-0.05, 0) is 42.7 Å². The third kappa shape index (κ3) is 2.90. The average molecular weight is 292 g/mol. The highest BCUT2D eigenvalue weighted by atomic mass is 35.5. The lowest BCUT2D eigenvalue weighted by Crippen LogP contribution is -2.35. The third-order valence-corrected chi connectivity index (χ3v) is 3.88. The van der Waals surface area contributed by atoms with Crippen molar-refractivity contribution in [1.29, 1.82) is 0 Å². The topological polar surface area (TPSA) is 29.0 Å². The van der Waals surface area contributed by atoms with E-state index in [0.29, 0.717) is 11.1 Å². The molecule has 3 nitrogen and oxygen atoms in total. The highest BCUT2D eigenvalue weighted by Crippen LogP contribution is 2.29. The molecule has 1 aromatic carbocycles. The molecule has 0 radical (unpaired) electrons. The van der Waals surface area contributed by atoms with Crippen molar-refractivity contribution in [3.8, 4) is 0 Å².